The van der Waals surface area contributed by atoms with Crippen molar-refractivity contribution in [2.75, 3.05) is 0 Å². The summed E-state index contributed by atoms with van der Waals surface area (Å²) in [6, 6.07) is 57.9. The monoisotopic (exact) mass is 584 g/mol. The number of hydrogen-bond acceptors (Lipinski definition) is 0. The summed E-state index contributed by atoms with van der Waals surface area (Å²) in [7, 11) is 0. The molecule has 1 unspecified atom stereocenters. The minimum absolute atomic E-state index is 0.381. The Morgan fingerprint density at radius 3 is 1.50 bits per heavy atom. The van der Waals surface area contributed by atoms with Crippen LogP contribution in [0.3, 0.4) is 0 Å². The van der Waals surface area contributed by atoms with Gasteiger partial charge in [-0.25, -0.2) is 0 Å². The van der Waals surface area contributed by atoms with Gasteiger partial charge >= 0.3 is 0 Å². The first-order chi connectivity index (χ1) is 22.8. The fraction of sp³-hybridized carbons (Fsp3) is 0.0435. The average Bonchev–Trinajstić information content (AvgIpc) is 3.13. The summed E-state index contributed by atoms with van der Waals surface area (Å²) in [6.07, 6.45) is 8.20. The molecule has 0 N–H and O–H groups in total. The van der Waals surface area contributed by atoms with Gasteiger partial charge in [0.15, 0.2) is 0 Å². The number of benzene rings is 8. The first kappa shape index (κ1) is 26.7. The van der Waals surface area contributed by atoms with E-state index in [2.05, 4.69) is 176 Å². The summed E-state index contributed by atoms with van der Waals surface area (Å²) in [5, 5.41) is 10.3. The number of fused-ring (bicyclic) bond motifs is 4. The molecule has 0 bridgehead atoms. The molecule has 216 valence electrons. The molecule has 8 aromatic rings. The van der Waals surface area contributed by atoms with E-state index in [9.17, 15) is 0 Å². The first-order valence-electron chi connectivity index (χ1n) is 16.2. The summed E-state index contributed by atoms with van der Waals surface area (Å²) in [5.74, 6) is 0.381. The van der Waals surface area contributed by atoms with E-state index in [-0.39, 0.29) is 0 Å². The Balaban J connectivity index is 1.13. The van der Waals surface area contributed by atoms with Gasteiger partial charge in [0.05, 0.1) is 0 Å². The smallest absolute Gasteiger partial charge is 0.00563 e. The second-order valence-electron chi connectivity index (χ2n) is 12.4. The van der Waals surface area contributed by atoms with Gasteiger partial charge in [-0.15, -0.1) is 0 Å². The van der Waals surface area contributed by atoms with Crippen LogP contribution in [0.1, 0.15) is 23.5 Å². The highest BCUT2D eigenvalue weighted by molar-refractivity contribution is 6.19. The molecule has 0 aromatic heterocycles. The van der Waals surface area contributed by atoms with Crippen LogP contribution in [0.25, 0.3) is 70.9 Å². The molecule has 0 radical (unpaired) electrons. The maximum absolute atomic E-state index is 2.45. The molecule has 46 heavy (non-hydrogen) atoms. The lowest BCUT2D eigenvalue weighted by molar-refractivity contribution is 0.858. The molecule has 0 aliphatic heterocycles. The van der Waals surface area contributed by atoms with Gasteiger partial charge in [-0.3, -0.25) is 0 Å². The zero-order chi connectivity index (χ0) is 30.5. The largest absolute Gasteiger partial charge is 0.0761 e. The van der Waals surface area contributed by atoms with Crippen molar-refractivity contribution in [1.29, 1.82) is 0 Å². The van der Waals surface area contributed by atoms with Crippen molar-refractivity contribution in [3.05, 3.63) is 187 Å². The van der Waals surface area contributed by atoms with E-state index in [4.69, 9.17) is 0 Å². The van der Waals surface area contributed by atoms with Crippen LogP contribution in [0.2, 0.25) is 0 Å². The Labute approximate surface area is 269 Å². The summed E-state index contributed by atoms with van der Waals surface area (Å²) < 4.78 is 0. The van der Waals surface area contributed by atoms with Crippen molar-refractivity contribution in [2.45, 2.75) is 12.3 Å². The van der Waals surface area contributed by atoms with Crippen LogP contribution in [0.4, 0.5) is 0 Å². The maximum atomic E-state index is 2.45. The predicted molar refractivity (Wildman–Crippen MR) is 198 cm³/mol. The summed E-state index contributed by atoms with van der Waals surface area (Å²) >= 11 is 0. The second-order valence-corrected chi connectivity index (χ2v) is 12.4. The zero-order valence-electron chi connectivity index (χ0n) is 25.5. The van der Waals surface area contributed by atoms with Crippen molar-refractivity contribution in [1.82, 2.24) is 0 Å². The van der Waals surface area contributed by atoms with E-state index in [1.807, 2.05) is 0 Å². The minimum atomic E-state index is 0.381. The molecule has 0 heteroatoms. The fourth-order valence-electron chi connectivity index (χ4n) is 7.44. The molecule has 0 nitrogen and oxygen atoms in total. The maximum Gasteiger partial charge on any atom is 0.00563 e. The molecule has 1 aliphatic carbocycles. The molecule has 0 amide bonds. The highest BCUT2D eigenvalue weighted by atomic mass is 14.2. The van der Waals surface area contributed by atoms with Crippen LogP contribution in [0.5, 0.6) is 0 Å². The molecule has 0 saturated carbocycles. The Hall–Kier alpha value is -5.72. The SMILES string of the molecule is C1=CC(c2ccc3ccccc3c2)CC=C1c1c2ccccc2c(-c2ccc(-c3ccc4ccccc4c3)cc2)c2ccccc12. The highest BCUT2D eigenvalue weighted by Crippen LogP contribution is 2.44. The normalized spacial score (nSPS) is 14.7. The van der Waals surface area contributed by atoms with Gasteiger partial charge in [-0.2, -0.15) is 0 Å². The van der Waals surface area contributed by atoms with E-state index in [1.165, 1.54) is 82.0 Å². The van der Waals surface area contributed by atoms with Crippen LogP contribution in [-0.4, -0.2) is 0 Å². The molecule has 0 fully saturated rings. The van der Waals surface area contributed by atoms with Crippen LogP contribution in [0, 0.1) is 0 Å². The van der Waals surface area contributed by atoms with Crippen LogP contribution < -0.4 is 0 Å². The Bertz CT molecular complexity index is 2430. The number of allylic oxidation sites excluding steroid dienone is 4. The highest BCUT2D eigenvalue weighted by Gasteiger charge is 2.19. The van der Waals surface area contributed by atoms with Crippen LogP contribution in [0.15, 0.2) is 176 Å². The lowest BCUT2D eigenvalue weighted by atomic mass is 9.82. The Morgan fingerprint density at radius 1 is 0.391 bits per heavy atom. The Morgan fingerprint density at radius 2 is 0.891 bits per heavy atom. The van der Waals surface area contributed by atoms with Gasteiger partial charge in [0, 0.05) is 5.92 Å². The van der Waals surface area contributed by atoms with E-state index in [0.717, 1.165) is 6.42 Å². The van der Waals surface area contributed by atoms with Gasteiger partial charge in [0.1, 0.15) is 0 Å². The molecule has 1 atom stereocenters. The lowest BCUT2D eigenvalue weighted by Gasteiger charge is -2.21. The predicted octanol–water partition coefficient (Wildman–Crippen LogP) is 12.8. The standard InChI is InChI=1S/C46H32/c1-3-11-37-29-39(27-21-31(37)9-1)33-17-23-35(24-18-33)45-41-13-5-7-15-43(41)46(44-16-8-6-14-42(44)45)36-25-19-34(20-26-36)40-28-22-32-10-2-4-12-38(32)30-40/h1-19,21-30,34H,20H2. The van der Waals surface area contributed by atoms with Crippen molar-refractivity contribution in [3.63, 3.8) is 0 Å². The molecule has 1 aliphatic rings. The van der Waals surface area contributed by atoms with E-state index in [0.29, 0.717) is 5.92 Å². The number of rotatable bonds is 4. The quantitative estimate of drug-likeness (QED) is 0.181. The van der Waals surface area contributed by atoms with Crippen molar-refractivity contribution in [3.8, 4) is 22.3 Å². The summed E-state index contributed by atoms with van der Waals surface area (Å²) in [6.45, 7) is 0. The third-order valence-electron chi connectivity index (χ3n) is 9.78. The average molecular weight is 585 g/mol. The lowest BCUT2D eigenvalue weighted by Crippen LogP contribution is -2.00. The van der Waals surface area contributed by atoms with Gasteiger partial charge in [-0.1, -0.05) is 170 Å². The molecule has 8 aromatic carbocycles. The third kappa shape index (κ3) is 4.54. The third-order valence-corrected chi connectivity index (χ3v) is 9.78. The van der Waals surface area contributed by atoms with Gasteiger partial charge in [0.25, 0.3) is 0 Å². The molecular formula is C46H32. The van der Waals surface area contributed by atoms with E-state index >= 15 is 0 Å². The summed E-state index contributed by atoms with van der Waals surface area (Å²) in [5.41, 5.74) is 9.04. The van der Waals surface area contributed by atoms with Gasteiger partial charge < -0.3 is 0 Å². The minimum Gasteiger partial charge on any atom is -0.0761 e. The van der Waals surface area contributed by atoms with Crippen LogP contribution >= 0.6 is 0 Å². The topological polar surface area (TPSA) is 0 Å². The fourth-order valence-corrected chi connectivity index (χ4v) is 7.44. The van der Waals surface area contributed by atoms with Crippen molar-refractivity contribution in [2.24, 2.45) is 0 Å². The molecule has 9 rings (SSSR count). The molecule has 0 saturated heterocycles. The van der Waals surface area contributed by atoms with E-state index < -0.39 is 0 Å². The molecule has 0 heterocycles. The molecular weight excluding hydrogens is 553 g/mol. The first-order valence-corrected chi connectivity index (χ1v) is 16.2. The number of hydrogen-bond donors (Lipinski definition) is 0. The molecule has 0 spiro atoms. The van der Waals surface area contributed by atoms with Crippen LogP contribution in [-0.2, 0) is 0 Å². The Kier molecular flexibility index (Phi) is 6.39. The summed E-state index contributed by atoms with van der Waals surface area (Å²) in [4.78, 5) is 0. The van der Waals surface area contributed by atoms with Gasteiger partial charge in [-0.05, 0) is 94.5 Å². The van der Waals surface area contributed by atoms with Crippen molar-refractivity contribution < 1.29 is 0 Å². The van der Waals surface area contributed by atoms with E-state index in [1.54, 1.807) is 0 Å². The zero-order valence-corrected chi connectivity index (χ0v) is 25.5. The second kappa shape index (κ2) is 11.0. The van der Waals surface area contributed by atoms with Crippen molar-refractivity contribution >= 4 is 48.7 Å². The van der Waals surface area contributed by atoms with Gasteiger partial charge in [0.2, 0.25) is 0 Å².